The molecular weight excluding hydrogens is 206 g/mol. The number of nitrogens with one attached hydrogen (secondary N) is 1. The first-order valence-corrected chi connectivity index (χ1v) is 5.05. The number of rotatable bonds is 4. The van der Waals surface area contributed by atoms with E-state index in [-0.39, 0.29) is 11.9 Å². The van der Waals surface area contributed by atoms with Crippen LogP contribution in [0.5, 0.6) is 0 Å². The Morgan fingerprint density at radius 3 is 3.19 bits per heavy atom. The zero-order valence-electron chi connectivity index (χ0n) is 8.96. The van der Waals surface area contributed by atoms with E-state index in [9.17, 15) is 4.79 Å². The molecule has 2 aromatic heterocycles. The maximum Gasteiger partial charge on any atom is 0.243 e. The summed E-state index contributed by atoms with van der Waals surface area (Å²) in [5, 5.41) is 2.79. The van der Waals surface area contributed by atoms with E-state index in [1.807, 2.05) is 13.0 Å². The normalized spacial score (nSPS) is 12.3. The molecule has 2 heterocycles. The fourth-order valence-electron chi connectivity index (χ4n) is 1.37. The molecule has 0 fully saturated rings. The first-order valence-electron chi connectivity index (χ1n) is 5.05. The van der Waals surface area contributed by atoms with E-state index in [2.05, 4.69) is 10.3 Å². The fourth-order valence-corrected chi connectivity index (χ4v) is 1.37. The number of nitrogens with zero attached hydrogens (tertiary/aromatic N) is 2. The van der Waals surface area contributed by atoms with Gasteiger partial charge in [0.15, 0.2) is 0 Å². The van der Waals surface area contributed by atoms with Gasteiger partial charge < -0.3 is 14.3 Å². The Kier molecular flexibility index (Phi) is 3.05. The Bertz CT molecular complexity index is 434. The molecule has 1 unspecified atom stereocenters. The van der Waals surface area contributed by atoms with Gasteiger partial charge in [-0.3, -0.25) is 4.79 Å². The molecule has 5 heteroatoms. The summed E-state index contributed by atoms with van der Waals surface area (Å²) < 4.78 is 6.87. The van der Waals surface area contributed by atoms with Crippen LogP contribution in [0.4, 0.5) is 0 Å². The summed E-state index contributed by atoms with van der Waals surface area (Å²) in [6.45, 7) is 2.23. The predicted octanol–water partition coefficient (Wildman–Crippen LogP) is 1.35. The molecule has 0 radical (unpaired) electrons. The smallest absolute Gasteiger partial charge is 0.243 e. The largest absolute Gasteiger partial charge is 0.467 e. The van der Waals surface area contributed by atoms with Crippen LogP contribution < -0.4 is 5.32 Å². The Labute approximate surface area is 93.1 Å². The van der Waals surface area contributed by atoms with E-state index in [1.165, 1.54) is 0 Å². The second kappa shape index (κ2) is 4.65. The summed E-state index contributed by atoms with van der Waals surface area (Å²) in [7, 11) is 0. The lowest BCUT2D eigenvalue weighted by atomic mass is 10.3. The third-order valence-corrected chi connectivity index (χ3v) is 2.37. The van der Waals surface area contributed by atoms with Crippen molar-refractivity contribution in [2.75, 3.05) is 0 Å². The van der Waals surface area contributed by atoms with Gasteiger partial charge in [0.25, 0.3) is 0 Å². The van der Waals surface area contributed by atoms with Gasteiger partial charge in [-0.25, -0.2) is 4.98 Å². The highest BCUT2D eigenvalue weighted by atomic mass is 16.3. The number of amides is 1. The van der Waals surface area contributed by atoms with Crippen LogP contribution in [0.3, 0.4) is 0 Å². The molecule has 5 nitrogen and oxygen atoms in total. The Morgan fingerprint density at radius 1 is 1.69 bits per heavy atom. The molecule has 0 aliphatic rings. The average molecular weight is 219 g/mol. The number of furan rings is 1. The van der Waals surface area contributed by atoms with Crippen molar-refractivity contribution in [2.45, 2.75) is 19.5 Å². The van der Waals surface area contributed by atoms with Crippen LogP contribution in [0.1, 0.15) is 18.7 Å². The zero-order valence-corrected chi connectivity index (χ0v) is 8.96. The number of hydrogen-bond donors (Lipinski definition) is 1. The summed E-state index contributed by atoms with van der Waals surface area (Å²) in [5.74, 6) is 0.681. The second-order valence-corrected chi connectivity index (χ2v) is 3.48. The van der Waals surface area contributed by atoms with Gasteiger partial charge in [0, 0.05) is 12.4 Å². The van der Waals surface area contributed by atoms with Gasteiger partial charge in [-0.2, -0.15) is 0 Å². The van der Waals surface area contributed by atoms with Crippen LogP contribution >= 0.6 is 0 Å². The van der Waals surface area contributed by atoms with Gasteiger partial charge >= 0.3 is 0 Å². The van der Waals surface area contributed by atoms with Crippen molar-refractivity contribution in [3.63, 3.8) is 0 Å². The van der Waals surface area contributed by atoms with Crippen molar-refractivity contribution in [1.82, 2.24) is 14.9 Å². The lowest BCUT2D eigenvalue weighted by Gasteiger charge is -2.12. The number of carbonyl (C=O) groups excluding carboxylic acids is 1. The van der Waals surface area contributed by atoms with Gasteiger partial charge in [0.05, 0.1) is 19.1 Å². The highest BCUT2D eigenvalue weighted by Gasteiger charge is 2.13. The molecule has 2 aromatic rings. The van der Waals surface area contributed by atoms with Crippen LogP contribution in [-0.2, 0) is 11.3 Å². The van der Waals surface area contributed by atoms with Crippen molar-refractivity contribution >= 4 is 5.91 Å². The number of hydrogen-bond acceptors (Lipinski definition) is 3. The second-order valence-electron chi connectivity index (χ2n) is 3.48. The van der Waals surface area contributed by atoms with Crippen LogP contribution in [0.2, 0.25) is 0 Å². The SMILES string of the molecule is CC(C(=O)NCc1ccco1)n1ccnc1. The molecule has 0 aromatic carbocycles. The van der Waals surface area contributed by atoms with Crippen molar-refractivity contribution in [2.24, 2.45) is 0 Å². The van der Waals surface area contributed by atoms with Gasteiger partial charge in [0.2, 0.25) is 5.91 Å². The molecule has 1 amide bonds. The summed E-state index contributed by atoms with van der Waals surface area (Å²) in [4.78, 5) is 15.6. The lowest BCUT2D eigenvalue weighted by molar-refractivity contribution is -0.124. The zero-order chi connectivity index (χ0) is 11.4. The summed E-state index contributed by atoms with van der Waals surface area (Å²) >= 11 is 0. The quantitative estimate of drug-likeness (QED) is 0.844. The maximum absolute atomic E-state index is 11.7. The minimum absolute atomic E-state index is 0.0607. The van der Waals surface area contributed by atoms with E-state index < -0.39 is 0 Å². The third-order valence-electron chi connectivity index (χ3n) is 2.37. The lowest BCUT2D eigenvalue weighted by Crippen LogP contribution is -2.29. The van der Waals surface area contributed by atoms with E-state index in [4.69, 9.17) is 4.42 Å². The Morgan fingerprint density at radius 2 is 2.56 bits per heavy atom. The van der Waals surface area contributed by atoms with E-state index in [0.717, 1.165) is 5.76 Å². The fraction of sp³-hybridized carbons (Fsp3) is 0.273. The number of aromatic nitrogens is 2. The third kappa shape index (κ3) is 2.31. The summed E-state index contributed by atoms with van der Waals surface area (Å²) in [6, 6.07) is 3.35. The Balaban J connectivity index is 1.89. The maximum atomic E-state index is 11.7. The monoisotopic (exact) mass is 219 g/mol. The standard InChI is InChI=1S/C11H13N3O2/c1-9(14-5-4-12-8-14)11(15)13-7-10-3-2-6-16-10/h2-6,8-9H,7H2,1H3,(H,13,15). The Hall–Kier alpha value is -2.04. The van der Waals surface area contributed by atoms with Crippen molar-refractivity contribution in [1.29, 1.82) is 0 Å². The van der Waals surface area contributed by atoms with Crippen LogP contribution in [-0.4, -0.2) is 15.5 Å². The summed E-state index contributed by atoms with van der Waals surface area (Å²) in [5.41, 5.74) is 0. The molecule has 0 saturated carbocycles. The van der Waals surface area contributed by atoms with Crippen molar-refractivity contribution < 1.29 is 9.21 Å². The van der Waals surface area contributed by atoms with E-state index in [0.29, 0.717) is 6.54 Å². The first-order chi connectivity index (χ1) is 7.77. The van der Waals surface area contributed by atoms with Crippen molar-refractivity contribution in [3.8, 4) is 0 Å². The molecule has 1 N–H and O–H groups in total. The molecule has 0 bridgehead atoms. The minimum Gasteiger partial charge on any atom is -0.467 e. The van der Waals surface area contributed by atoms with Gasteiger partial charge in [-0.15, -0.1) is 0 Å². The van der Waals surface area contributed by atoms with E-state index >= 15 is 0 Å². The molecule has 0 aliphatic carbocycles. The predicted molar refractivity (Wildman–Crippen MR) is 57.5 cm³/mol. The van der Waals surface area contributed by atoms with Crippen LogP contribution in [0, 0.1) is 0 Å². The number of carbonyl (C=O) groups is 1. The topological polar surface area (TPSA) is 60.1 Å². The first kappa shape index (κ1) is 10.5. The number of imidazole rings is 1. The molecule has 0 aliphatic heterocycles. The summed E-state index contributed by atoms with van der Waals surface area (Å²) in [6.07, 6.45) is 6.62. The minimum atomic E-state index is -0.266. The highest BCUT2D eigenvalue weighted by Crippen LogP contribution is 2.05. The molecule has 16 heavy (non-hydrogen) atoms. The molecule has 0 spiro atoms. The average Bonchev–Trinajstić information content (AvgIpc) is 2.96. The highest BCUT2D eigenvalue weighted by molar-refractivity contribution is 5.79. The molecule has 0 saturated heterocycles. The van der Waals surface area contributed by atoms with Crippen LogP contribution in [0.15, 0.2) is 41.5 Å². The van der Waals surface area contributed by atoms with Gasteiger partial charge in [-0.05, 0) is 19.1 Å². The van der Waals surface area contributed by atoms with Gasteiger partial charge in [0.1, 0.15) is 11.8 Å². The van der Waals surface area contributed by atoms with E-state index in [1.54, 1.807) is 35.6 Å². The molecule has 2 rings (SSSR count). The van der Waals surface area contributed by atoms with Crippen LogP contribution in [0.25, 0.3) is 0 Å². The molecule has 84 valence electrons. The van der Waals surface area contributed by atoms with Crippen molar-refractivity contribution in [3.05, 3.63) is 42.9 Å². The molecule has 1 atom stereocenters. The molecular formula is C11H13N3O2. The van der Waals surface area contributed by atoms with Gasteiger partial charge in [-0.1, -0.05) is 0 Å².